The molecule has 11 heteroatoms. The summed E-state index contributed by atoms with van der Waals surface area (Å²) in [6.07, 6.45) is -3.29. The molecule has 0 heterocycles. The minimum Gasteiger partial charge on any atom is -0.357 e. The molecule has 144 valence electrons. The molecule has 0 fully saturated rings. The number of nitrogens with zero attached hydrogens (tertiary/aromatic N) is 1. The smallest absolute Gasteiger partial charge is 0.357 e. The number of nitrogens with one attached hydrogen (secondary N) is 3. The van der Waals surface area contributed by atoms with Crippen LogP contribution < -0.4 is 15.4 Å². The molecule has 0 aromatic heterocycles. The third kappa shape index (κ3) is 10.5. The molecule has 1 rings (SSSR count). The molecular formula is C14H22F3IN4O2S. The van der Waals surface area contributed by atoms with Crippen LogP contribution in [0.5, 0.6) is 0 Å². The van der Waals surface area contributed by atoms with Crippen molar-refractivity contribution in [3.8, 4) is 0 Å². The summed E-state index contributed by atoms with van der Waals surface area (Å²) in [5, 5.41) is 5.90. The summed E-state index contributed by atoms with van der Waals surface area (Å²) in [4.78, 5) is 4.25. The summed E-state index contributed by atoms with van der Waals surface area (Å²) >= 11 is 0. The first kappa shape index (κ1) is 23.9. The zero-order valence-corrected chi connectivity index (χ0v) is 17.0. The van der Waals surface area contributed by atoms with Crippen molar-refractivity contribution >= 4 is 40.0 Å². The lowest BCUT2D eigenvalue weighted by atomic mass is 10.1. The van der Waals surface area contributed by atoms with Gasteiger partial charge in [0.25, 0.3) is 0 Å². The second kappa shape index (κ2) is 10.8. The van der Waals surface area contributed by atoms with Crippen molar-refractivity contribution in [1.29, 1.82) is 0 Å². The number of guanidine groups is 1. The van der Waals surface area contributed by atoms with Gasteiger partial charge >= 0.3 is 6.18 Å². The number of rotatable bonds is 7. The molecule has 6 nitrogen and oxygen atoms in total. The first-order valence-corrected chi connectivity index (χ1v) is 9.14. The van der Waals surface area contributed by atoms with Gasteiger partial charge in [0.1, 0.15) is 0 Å². The Morgan fingerprint density at radius 2 is 1.72 bits per heavy atom. The van der Waals surface area contributed by atoms with Gasteiger partial charge in [-0.05, 0) is 24.6 Å². The fourth-order valence-corrected chi connectivity index (χ4v) is 2.20. The van der Waals surface area contributed by atoms with Gasteiger partial charge in [0.2, 0.25) is 10.0 Å². The maximum atomic E-state index is 12.5. The zero-order valence-electron chi connectivity index (χ0n) is 13.9. The van der Waals surface area contributed by atoms with Crippen LogP contribution in [-0.4, -0.2) is 40.3 Å². The summed E-state index contributed by atoms with van der Waals surface area (Å²) in [7, 11) is -3.25. The van der Waals surface area contributed by atoms with Crippen molar-refractivity contribution in [3.63, 3.8) is 0 Å². The number of alkyl halides is 3. The Labute approximate surface area is 162 Å². The summed E-state index contributed by atoms with van der Waals surface area (Å²) in [6, 6.07) is 4.78. The van der Waals surface area contributed by atoms with Gasteiger partial charge in [-0.3, -0.25) is 0 Å². The summed E-state index contributed by atoms with van der Waals surface area (Å²) in [5.74, 6) is 0.452. The van der Waals surface area contributed by atoms with E-state index in [1.165, 1.54) is 12.1 Å². The normalized spacial score (nSPS) is 12.4. The van der Waals surface area contributed by atoms with Crippen LogP contribution >= 0.6 is 24.0 Å². The molecule has 0 saturated heterocycles. The van der Waals surface area contributed by atoms with Gasteiger partial charge in [-0.2, -0.15) is 13.2 Å². The van der Waals surface area contributed by atoms with E-state index in [4.69, 9.17) is 0 Å². The molecule has 0 atom stereocenters. The zero-order chi connectivity index (χ0) is 18.2. The van der Waals surface area contributed by atoms with Crippen LogP contribution in [0.4, 0.5) is 13.2 Å². The van der Waals surface area contributed by atoms with E-state index in [9.17, 15) is 21.6 Å². The van der Waals surface area contributed by atoms with E-state index in [-0.39, 0.29) is 37.1 Å². The molecule has 0 aliphatic carbocycles. The van der Waals surface area contributed by atoms with Crippen LogP contribution in [0.2, 0.25) is 0 Å². The Morgan fingerprint density at radius 3 is 2.20 bits per heavy atom. The third-order valence-electron chi connectivity index (χ3n) is 2.83. The number of aliphatic imine (C=N–C) groups is 1. The number of hydrogen-bond acceptors (Lipinski definition) is 3. The third-order valence-corrected chi connectivity index (χ3v) is 3.56. The molecule has 0 unspecified atom stereocenters. The molecular weight excluding hydrogens is 472 g/mol. The summed E-state index contributed by atoms with van der Waals surface area (Å²) < 4.78 is 61.7. The van der Waals surface area contributed by atoms with Gasteiger partial charge in [0, 0.05) is 19.6 Å². The van der Waals surface area contributed by atoms with E-state index >= 15 is 0 Å². The summed E-state index contributed by atoms with van der Waals surface area (Å²) in [5.41, 5.74) is -0.0680. The average Bonchev–Trinajstić information content (AvgIpc) is 2.47. The number of hydrogen-bond donors (Lipinski definition) is 3. The SMILES string of the molecule is CCNC(=NCc1ccc(C(F)(F)F)cc1)NCCNS(C)(=O)=O.I. The topological polar surface area (TPSA) is 82.6 Å². The van der Waals surface area contributed by atoms with Gasteiger partial charge in [-0.25, -0.2) is 18.1 Å². The van der Waals surface area contributed by atoms with Crippen LogP contribution in [0.1, 0.15) is 18.1 Å². The van der Waals surface area contributed by atoms with Crippen LogP contribution in [0, 0.1) is 0 Å². The fourth-order valence-electron chi connectivity index (χ4n) is 1.73. The van der Waals surface area contributed by atoms with Crippen molar-refractivity contribution in [2.24, 2.45) is 4.99 Å². The quantitative estimate of drug-likeness (QED) is 0.234. The maximum Gasteiger partial charge on any atom is 0.416 e. The Bertz CT molecular complexity index is 649. The molecule has 0 aliphatic rings. The second-order valence-corrected chi connectivity index (χ2v) is 6.82. The standard InChI is InChI=1S/C14H21F3N4O2S.HI/c1-3-18-13(19-8-9-21-24(2,22)23)20-10-11-4-6-12(7-5-11)14(15,16)17;/h4-7,21H,3,8-10H2,1-2H3,(H2,18,19,20);1H. The van der Waals surface area contributed by atoms with Crippen LogP contribution in [-0.2, 0) is 22.7 Å². The highest BCUT2D eigenvalue weighted by atomic mass is 127. The van der Waals surface area contributed by atoms with Crippen molar-refractivity contribution in [2.45, 2.75) is 19.6 Å². The molecule has 1 aromatic carbocycles. The van der Waals surface area contributed by atoms with E-state index in [0.717, 1.165) is 18.4 Å². The van der Waals surface area contributed by atoms with E-state index in [1.54, 1.807) is 0 Å². The maximum absolute atomic E-state index is 12.5. The molecule has 0 saturated carbocycles. The van der Waals surface area contributed by atoms with Crippen molar-refractivity contribution in [1.82, 2.24) is 15.4 Å². The lowest BCUT2D eigenvalue weighted by molar-refractivity contribution is -0.137. The Hall–Kier alpha value is -1.08. The molecule has 0 spiro atoms. The highest BCUT2D eigenvalue weighted by molar-refractivity contribution is 14.0. The minimum atomic E-state index is -4.36. The highest BCUT2D eigenvalue weighted by Crippen LogP contribution is 2.29. The predicted octanol–water partition coefficient (Wildman–Crippen LogP) is 1.93. The number of halogens is 4. The highest BCUT2D eigenvalue weighted by Gasteiger charge is 2.29. The molecule has 0 amide bonds. The van der Waals surface area contributed by atoms with Crippen molar-refractivity contribution in [2.75, 3.05) is 25.9 Å². The first-order chi connectivity index (χ1) is 11.1. The van der Waals surface area contributed by atoms with Gasteiger partial charge in [0.05, 0.1) is 18.4 Å². The van der Waals surface area contributed by atoms with Crippen molar-refractivity contribution < 1.29 is 21.6 Å². The largest absolute Gasteiger partial charge is 0.416 e. The minimum absolute atomic E-state index is 0. The van der Waals surface area contributed by atoms with Gasteiger partial charge in [-0.15, -0.1) is 24.0 Å². The van der Waals surface area contributed by atoms with Crippen LogP contribution in [0.15, 0.2) is 29.3 Å². The molecule has 0 aliphatic heterocycles. The fraction of sp³-hybridized carbons (Fsp3) is 0.500. The van der Waals surface area contributed by atoms with Gasteiger partial charge in [-0.1, -0.05) is 12.1 Å². The molecule has 25 heavy (non-hydrogen) atoms. The predicted molar refractivity (Wildman–Crippen MR) is 103 cm³/mol. The van der Waals surface area contributed by atoms with Crippen molar-refractivity contribution in [3.05, 3.63) is 35.4 Å². The second-order valence-electron chi connectivity index (χ2n) is 4.98. The van der Waals surface area contributed by atoms with Crippen LogP contribution in [0.3, 0.4) is 0 Å². The van der Waals surface area contributed by atoms with Crippen LogP contribution in [0.25, 0.3) is 0 Å². The number of benzene rings is 1. The molecule has 0 bridgehead atoms. The van der Waals surface area contributed by atoms with E-state index in [0.29, 0.717) is 24.6 Å². The first-order valence-electron chi connectivity index (χ1n) is 7.25. The monoisotopic (exact) mass is 494 g/mol. The molecule has 1 aromatic rings. The molecule has 0 radical (unpaired) electrons. The lowest BCUT2D eigenvalue weighted by Gasteiger charge is -2.11. The van der Waals surface area contributed by atoms with E-state index in [1.807, 2.05) is 6.92 Å². The lowest BCUT2D eigenvalue weighted by Crippen LogP contribution is -2.41. The average molecular weight is 494 g/mol. The Morgan fingerprint density at radius 1 is 1.12 bits per heavy atom. The Kier molecular flexibility index (Phi) is 10.3. The van der Waals surface area contributed by atoms with E-state index in [2.05, 4.69) is 20.3 Å². The van der Waals surface area contributed by atoms with E-state index < -0.39 is 21.8 Å². The number of sulfonamides is 1. The Balaban J connectivity index is 0.00000576. The van der Waals surface area contributed by atoms with Gasteiger partial charge < -0.3 is 10.6 Å². The van der Waals surface area contributed by atoms with Gasteiger partial charge in [0.15, 0.2) is 5.96 Å². The molecule has 3 N–H and O–H groups in total. The summed E-state index contributed by atoms with van der Waals surface area (Å²) in [6.45, 7) is 3.19.